The summed E-state index contributed by atoms with van der Waals surface area (Å²) in [6.45, 7) is 1.27. The van der Waals surface area contributed by atoms with E-state index in [-0.39, 0.29) is 35.9 Å². The van der Waals surface area contributed by atoms with Crippen LogP contribution in [0.25, 0.3) is 11.3 Å². The normalized spacial score (nSPS) is 15.5. The molecular weight excluding hydrogens is 307 g/mol. The molecule has 3 rings (SSSR count). The van der Waals surface area contributed by atoms with Crippen LogP contribution < -0.4 is 5.73 Å². The zero-order valence-electron chi connectivity index (χ0n) is 12.0. The molecule has 1 aliphatic heterocycles. The third-order valence-corrected chi connectivity index (χ3v) is 3.78. The topological polar surface area (TPSA) is 59.5 Å². The van der Waals surface area contributed by atoms with E-state index in [1.165, 1.54) is 6.07 Å². The number of carbonyl (C=O) groups excluding carboxylic acids is 1. The lowest BCUT2D eigenvalue weighted by molar-refractivity contribution is 0.0683. The van der Waals surface area contributed by atoms with Crippen molar-refractivity contribution in [1.29, 1.82) is 0 Å². The molecule has 1 fully saturated rings. The summed E-state index contributed by atoms with van der Waals surface area (Å²) in [5.74, 6) is 0.0770. The van der Waals surface area contributed by atoms with Crippen molar-refractivity contribution in [2.75, 3.05) is 13.1 Å². The summed E-state index contributed by atoms with van der Waals surface area (Å²) in [5.41, 5.74) is 6.19. The Bertz CT molecular complexity index is 651. The number of likely N-dealkylation sites (tertiary alicyclic amines) is 1. The molecule has 22 heavy (non-hydrogen) atoms. The molecular formula is C16H18ClFN2O2. The molecule has 0 aliphatic carbocycles. The predicted molar refractivity (Wildman–Crippen MR) is 84.5 cm³/mol. The molecule has 0 unspecified atom stereocenters. The van der Waals surface area contributed by atoms with Crippen LogP contribution in [-0.2, 0) is 0 Å². The van der Waals surface area contributed by atoms with Gasteiger partial charge in [0, 0.05) is 19.1 Å². The number of amides is 1. The van der Waals surface area contributed by atoms with Crippen LogP contribution in [0.1, 0.15) is 23.4 Å². The van der Waals surface area contributed by atoms with Gasteiger partial charge in [-0.05, 0) is 37.1 Å². The number of benzene rings is 1. The Kier molecular flexibility index (Phi) is 5.21. The molecule has 1 aliphatic rings. The molecule has 1 saturated heterocycles. The lowest BCUT2D eigenvalue weighted by Gasteiger charge is -2.29. The van der Waals surface area contributed by atoms with Crippen molar-refractivity contribution in [2.24, 2.45) is 5.73 Å². The van der Waals surface area contributed by atoms with Gasteiger partial charge in [-0.1, -0.05) is 12.1 Å². The van der Waals surface area contributed by atoms with Gasteiger partial charge in [0.2, 0.25) is 0 Å². The Morgan fingerprint density at radius 2 is 1.86 bits per heavy atom. The van der Waals surface area contributed by atoms with Gasteiger partial charge < -0.3 is 15.1 Å². The van der Waals surface area contributed by atoms with Gasteiger partial charge >= 0.3 is 0 Å². The highest BCUT2D eigenvalue weighted by Gasteiger charge is 2.24. The van der Waals surface area contributed by atoms with Crippen molar-refractivity contribution in [3.05, 3.63) is 48.0 Å². The molecule has 0 radical (unpaired) electrons. The lowest BCUT2D eigenvalue weighted by atomic mass is 10.1. The maximum absolute atomic E-state index is 13.7. The molecule has 6 heteroatoms. The summed E-state index contributed by atoms with van der Waals surface area (Å²) in [6, 6.07) is 9.73. The molecule has 2 heterocycles. The van der Waals surface area contributed by atoms with Crippen LogP contribution in [-0.4, -0.2) is 29.9 Å². The Morgan fingerprint density at radius 1 is 1.18 bits per heavy atom. The smallest absolute Gasteiger partial charge is 0.289 e. The average molecular weight is 325 g/mol. The minimum Gasteiger partial charge on any atom is -0.451 e. The summed E-state index contributed by atoms with van der Waals surface area (Å²) in [5, 5.41) is 0. The Labute approximate surface area is 134 Å². The van der Waals surface area contributed by atoms with Crippen molar-refractivity contribution < 1.29 is 13.6 Å². The van der Waals surface area contributed by atoms with Gasteiger partial charge in [-0.3, -0.25) is 4.79 Å². The van der Waals surface area contributed by atoms with E-state index in [9.17, 15) is 9.18 Å². The quantitative estimate of drug-likeness (QED) is 0.923. The fourth-order valence-corrected chi connectivity index (χ4v) is 2.52. The first kappa shape index (κ1) is 16.5. The van der Waals surface area contributed by atoms with Gasteiger partial charge in [-0.15, -0.1) is 12.4 Å². The average Bonchev–Trinajstić information content (AvgIpc) is 2.97. The number of piperidine rings is 1. The van der Waals surface area contributed by atoms with Crippen LogP contribution in [0, 0.1) is 5.82 Å². The predicted octanol–water partition coefficient (Wildman–Crippen LogP) is 3.07. The largest absolute Gasteiger partial charge is 0.451 e. The summed E-state index contributed by atoms with van der Waals surface area (Å²) in [7, 11) is 0. The van der Waals surface area contributed by atoms with Crippen molar-refractivity contribution >= 4 is 18.3 Å². The number of nitrogens with two attached hydrogens (primary N) is 1. The molecule has 1 aromatic carbocycles. The number of hydrogen-bond donors (Lipinski definition) is 1. The van der Waals surface area contributed by atoms with Gasteiger partial charge in [-0.25, -0.2) is 4.39 Å². The van der Waals surface area contributed by atoms with E-state index < -0.39 is 0 Å². The summed E-state index contributed by atoms with van der Waals surface area (Å²) in [6.07, 6.45) is 1.60. The highest BCUT2D eigenvalue weighted by atomic mass is 35.5. The van der Waals surface area contributed by atoms with Crippen LogP contribution >= 0.6 is 12.4 Å². The van der Waals surface area contributed by atoms with Crippen LogP contribution in [0.3, 0.4) is 0 Å². The Balaban J connectivity index is 0.00000176. The molecule has 4 nitrogen and oxygen atoms in total. The van der Waals surface area contributed by atoms with E-state index in [0.29, 0.717) is 24.4 Å². The number of halogens is 2. The summed E-state index contributed by atoms with van der Waals surface area (Å²) < 4.78 is 19.2. The number of nitrogens with zero attached hydrogens (tertiary/aromatic N) is 1. The van der Waals surface area contributed by atoms with Gasteiger partial charge in [0.1, 0.15) is 11.6 Å². The fourth-order valence-electron chi connectivity index (χ4n) is 2.52. The van der Waals surface area contributed by atoms with Crippen LogP contribution in [0.2, 0.25) is 0 Å². The molecule has 0 spiro atoms. The van der Waals surface area contributed by atoms with Crippen molar-refractivity contribution in [1.82, 2.24) is 4.90 Å². The molecule has 0 atom stereocenters. The Morgan fingerprint density at radius 3 is 2.55 bits per heavy atom. The van der Waals surface area contributed by atoms with Gasteiger partial charge in [-0.2, -0.15) is 0 Å². The molecule has 1 aromatic heterocycles. The molecule has 118 valence electrons. The van der Waals surface area contributed by atoms with E-state index in [2.05, 4.69) is 0 Å². The van der Waals surface area contributed by atoms with E-state index in [1.807, 2.05) is 0 Å². The highest BCUT2D eigenvalue weighted by Crippen LogP contribution is 2.25. The fraction of sp³-hybridized carbons (Fsp3) is 0.312. The van der Waals surface area contributed by atoms with Gasteiger partial charge in [0.25, 0.3) is 5.91 Å². The van der Waals surface area contributed by atoms with Crippen molar-refractivity contribution in [2.45, 2.75) is 18.9 Å². The molecule has 0 bridgehead atoms. The van der Waals surface area contributed by atoms with Crippen LogP contribution in [0.15, 0.2) is 40.8 Å². The second-order valence-electron chi connectivity index (χ2n) is 5.27. The van der Waals surface area contributed by atoms with Crippen LogP contribution in [0.5, 0.6) is 0 Å². The van der Waals surface area contributed by atoms with E-state index in [4.69, 9.17) is 10.2 Å². The SMILES string of the molecule is Cl.NC1CCN(C(=O)c2ccc(-c3ccccc3F)o2)CC1. The first-order valence-electron chi connectivity index (χ1n) is 7.05. The van der Waals surface area contributed by atoms with E-state index in [0.717, 1.165) is 12.8 Å². The third kappa shape index (κ3) is 3.31. The number of rotatable bonds is 2. The first-order valence-corrected chi connectivity index (χ1v) is 7.05. The Hall–Kier alpha value is -1.85. The highest BCUT2D eigenvalue weighted by molar-refractivity contribution is 5.92. The van der Waals surface area contributed by atoms with E-state index >= 15 is 0 Å². The molecule has 1 amide bonds. The zero-order chi connectivity index (χ0) is 14.8. The third-order valence-electron chi connectivity index (χ3n) is 3.78. The second-order valence-corrected chi connectivity index (χ2v) is 5.27. The minimum atomic E-state index is -0.366. The summed E-state index contributed by atoms with van der Waals surface area (Å²) in [4.78, 5) is 14.1. The maximum atomic E-state index is 13.7. The van der Waals surface area contributed by atoms with Crippen molar-refractivity contribution in [3.63, 3.8) is 0 Å². The standard InChI is InChI=1S/C16H17FN2O2.ClH/c17-13-4-2-1-3-12(13)14-5-6-15(21-14)16(20)19-9-7-11(18)8-10-19;/h1-6,11H,7-10,18H2;1H. The molecule has 2 N–H and O–H groups in total. The van der Waals surface area contributed by atoms with Crippen molar-refractivity contribution in [3.8, 4) is 11.3 Å². The first-order chi connectivity index (χ1) is 10.1. The summed E-state index contributed by atoms with van der Waals surface area (Å²) >= 11 is 0. The minimum absolute atomic E-state index is 0. The number of hydrogen-bond acceptors (Lipinski definition) is 3. The van der Waals surface area contributed by atoms with Crippen LogP contribution in [0.4, 0.5) is 4.39 Å². The van der Waals surface area contributed by atoms with E-state index in [1.54, 1.807) is 35.2 Å². The zero-order valence-corrected chi connectivity index (χ0v) is 12.8. The molecule has 2 aromatic rings. The lowest BCUT2D eigenvalue weighted by Crippen LogP contribution is -2.42. The molecule has 0 saturated carbocycles. The number of carbonyl (C=O) groups is 1. The second kappa shape index (κ2) is 6.94. The van der Waals surface area contributed by atoms with Gasteiger partial charge in [0.15, 0.2) is 5.76 Å². The maximum Gasteiger partial charge on any atom is 0.289 e. The monoisotopic (exact) mass is 324 g/mol. The van der Waals surface area contributed by atoms with Gasteiger partial charge in [0.05, 0.1) is 5.56 Å². The number of furan rings is 1.